The fourth-order valence-corrected chi connectivity index (χ4v) is 1.76. The van der Waals surface area contributed by atoms with Crippen molar-refractivity contribution < 1.29 is 9.53 Å². The van der Waals surface area contributed by atoms with Gasteiger partial charge in [0.15, 0.2) is 0 Å². The molecule has 0 radical (unpaired) electrons. The van der Waals surface area contributed by atoms with Gasteiger partial charge in [0.1, 0.15) is 5.54 Å². The molecule has 12 heavy (non-hydrogen) atoms. The van der Waals surface area contributed by atoms with Crippen LogP contribution in [0.5, 0.6) is 0 Å². The van der Waals surface area contributed by atoms with Crippen molar-refractivity contribution in [3.63, 3.8) is 0 Å². The van der Waals surface area contributed by atoms with Crippen molar-refractivity contribution in [2.75, 3.05) is 6.61 Å². The predicted molar refractivity (Wildman–Crippen MR) is 45.4 cm³/mol. The van der Waals surface area contributed by atoms with Crippen LogP contribution in [0.3, 0.4) is 0 Å². The molecule has 4 heteroatoms. The van der Waals surface area contributed by atoms with Gasteiger partial charge in [-0.3, -0.25) is 10.1 Å². The quantitative estimate of drug-likeness (QED) is 0.574. The summed E-state index contributed by atoms with van der Waals surface area (Å²) >= 11 is 0. The Labute approximate surface area is 72.5 Å². The molecule has 0 aromatic carbocycles. The van der Waals surface area contributed by atoms with Crippen LogP contribution in [0.4, 0.5) is 0 Å². The van der Waals surface area contributed by atoms with Crippen LogP contribution >= 0.6 is 0 Å². The Morgan fingerprint density at radius 1 is 1.67 bits per heavy atom. The van der Waals surface area contributed by atoms with E-state index < -0.39 is 11.2 Å². The molecule has 2 unspecified atom stereocenters. The average Bonchev–Trinajstić information content (AvgIpc) is 1.83. The first kappa shape index (κ1) is 9.48. The lowest BCUT2D eigenvalue weighted by atomic mass is 9.80. The first-order valence-corrected chi connectivity index (χ1v) is 4.15. The number of hydrogen-bond acceptors (Lipinski definition) is 4. The maximum atomic E-state index is 11.3. The van der Waals surface area contributed by atoms with Crippen molar-refractivity contribution in [3.8, 4) is 0 Å². The Hall–Kier alpha value is -0.610. The normalized spacial score (nSPS) is 40.3. The van der Waals surface area contributed by atoms with Crippen molar-refractivity contribution in [2.45, 2.75) is 38.4 Å². The van der Waals surface area contributed by atoms with Gasteiger partial charge in [-0.2, -0.15) is 0 Å². The topological polar surface area (TPSA) is 64.3 Å². The summed E-state index contributed by atoms with van der Waals surface area (Å²) < 4.78 is 4.89. The fraction of sp³-hybridized carbons (Fsp3) is 0.875. The number of ether oxygens (including phenoxy) is 1. The molecule has 1 rings (SSSR count). The summed E-state index contributed by atoms with van der Waals surface area (Å²) in [5.74, 6) is -0.215. The second-order valence-electron chi connectivity index (χ2n) is 3.77. The highest BCUT2D eigenvalue weighted by atomic mass is 16.5. The van der Waals surface area contributed by atoms with Gasteiger partial charge in [0.25, 0.3) is 0 Å². The van der Waals surface area contributed by atoms with Crippen LogP contribution in [0, 0.1) is 0 Å². The molecule has 70 valence electrons. The Balaban J connectivity index is 2.49. The van der Waals surface area contributed by atoms with Crippen LogP contribution in [0.15, 0.2) is 0 Å². The van der Waals surface area contributed by atoms with E-state index in [2.05, 4.69) is 5.32 Å². The summed E-state index contributed by atoms with van der Waals surface area (Å²) in [6.45, 7) is 5.87. The second-order valence-corrected chi connectivity index (χ2v) is 3.77. The lowest BCUT2D eigenvalue weighted by Crippen LogP contribution is -2.76. The molecule has 4 nitrogen and oxygen atoms in total. The molecule has 1 fully saturated rings. The number of carbonyl (C=O) groups excluding carboxylic acids is 1. The van der Waals surface area contributed by atoms with Gasteiger partial charge >= 0.3 is 5.97 Å². The van der Waals surface area contributed by atoms with Gasteiger partial charge in [-0.1, -0.05) is 0 Å². The molecular weight excluding hydrogens is 156 g/mol. The molecule has 0 aromatic heterocycles. The summed E-state index contributed by atoms with van der Waals surface area (Å²) in [5.41, 5.74) is 4.73. The Kier molecular flexibility index (Phi) is 2.14. The number of nitrogens with two attached hydrogens (primary N) is 1. The molecule has 0 amide bonds. The van der Waals surface area contributed by atoms with Crippen LogP contribution in [0.1, 0.15) is 27.2 Å². The first-order valence-electron chi connectivity index (χ1n) is 4.15. The van der Waals surface area contributed by atoms with Gasteiger partial charge in [-0.25, -0.2) is 0 Å². The van der Waals surface area contributed by atoms with Crippen molar-refractivity contribution in [1.29, 1.82) is 0 Å². The molecule has 1 saturated heterocycles. The van der Waals surface area contributed by atoms with Gasteiger partial charge in [0.05, 0.1) is 12.3 Å². The molecule has 1 aliphatic rings. The molecule has 0 aromatic rings. The number of hydrogen-bond donors (Lipinski definition) is 2. The molecule has 0 saturated carbocycles. The van der Waals surface area contributed by atoms with E-state index in [1.165, 1.54) is 0 Å². The van der Waals surface area contributed by atoms with Crippen LogP contribution < -0.4 is 11.1 Å². The second kappa shape index (κ2) is 2.71. The van der Waals surface area contributed by atoms with Crippen LogP contribution in [-0.4, -0.2) is 23.8 Å². The maximum absolute atomic E-state index is 11.3. The van der Waals surface area contributed by atoms with E-state index in [-0.39, 0.29) is 5.97 Å². The van der Waals surface area contributed by atoms with E-state index in [0.717, 1.165) is 0 Å². The van der Waals surface area contributed by atoms with Crippen LogP contribution in [0.2, 0.25) is 0 Å². The molecule has 0 spiro atoms. The SMILES string of the molecule is CCOC(=O)C1(C)CC(C)(N)N1. The summed E-state index contributed by atoms with van der Waals surface area (Å²) in [7, 11) is 0. The van der Waals surface area contributed by atoms with Crippen molar-refractivity contribution >= 4 is 5.97 Å². The molecule has 1 heterocycles. The van der Waals surface area contributed by atoms with Gasteiger partial charge < -0.3 is 10.5 Å². The highest BCUT2D eigenvalue weighted by Crippen LogP contribution is 2.30. The lowest BCUT2D eigenvalue weighted by Gasteiger charge is -2.50. The zero-order valence-corrected chi connectivity index (χ0v) is 7.81. The van der Waals surface area contributed by atoms with E-state index in [1.807, 2.05) is 6.92 Å². The number of rotatable bonds is 2. The highest BCUT2D eigenvalue weighted by Gasteiger charge is 2.51. The number of nitrogens with one attached hydrogen (secondary N) is 1. The molecule has 0 bridgehead atoms. The lowest BCUT2D eigenvalue weighted by molar-refractivity contribution is -0.158. The monoisotopic (exact) mass is 172 g/mol. The third kappa shape index (κ3) is 1.59. The van der Waals surface area contributed by atoms with Gasteiger partial charge in [0.2, 0.25) is 0 Å². The number of esters is 1. The van der Waals surface area contributed by atoms with Gasteiger partial charge in [0, 0.05) is 6.42 Å². The zero-order valence-electron chi connectivity index (χ0n) is 7.81. The maximum Gasteiger partial charge on any atom is 0.326 e. The first-order chi connectivity index (χ1) is 5.40. The minimum Gasteiger partial charge on any atom is -0.465 e. The fourth-order valence-electron chi connectivity index (χ4n) is 1.76. The zero-order chi connectivity index (χ0) is 9.41. The smallest absolute Gasteiger partial charge is 0.326 e. The third-order valence-electron chi connectivity index (χ3n) is 2.01. The van der Waals surface area contributed by atoms with Crippen molar-refractivity contribution in [3.05, 3.63) is 0 Å². The predicted octanol–water partition coefficient (Wildman–Crippen LogP) is -0.0236. The Morgan fingerprint density at radius 3 is 2.50 bits per heavy atom. The van der Waals surface area contributed by atoms with E-state index in [4.69, 9.17) is 10.5 Å². The van der Waals surface area contributed by atoms with Crippen molar-refractivity contribution in [1.82, 2.24) is 5.32 Å². The van der Waals surface area contributed by atoms with Gasteiger partial charge in [-0.15, -0.1) is 0 Å². The number of carbonyl (C=O) groups is 1. The third-order valence-corrected chi connectivity index (χ3v) is 2.01. The summed E-state index contributed by atoms with van der Waals surface area (Å²) in [4.78, 5) is 11.3. The molecular formula is C8H16N2O2. The molecule has 1 aliphatic heterocycles. The molecule has 3 N–H and O–H groups in total. The van der Waals surface area contributed by atoms with Crippen LogP contribution in [0.25, 0.3) is 0 Å². The summed E-state index contributed by atoms with van der Waals surface area (Å²) in [6.07, 6.45) is 0.624. The average molecular weight is 172 g/mol. The largest absolute Gasteiger partial charge is 0.465 e. The van der Waals surface area contributed by atoms with E-state index in [1.54, 1.807) is 13.8 Å². The molecule has 2 atom stereocenters. The minimum absolute atomic E-state index is 0.215. The van der Waals surface area contributed by atoms with Crippen LogP contribution in [-0.2, 0) is 9.53 Å². The Morgan fingerprint density at radius 2 is 2.17 bits per heavy atom. The molecule has 0 aliphatic carbocycles. The Bertz CT molecular complexity index is 193. The van der Waals surface area contributed by atoms with Crippen molar-refractivity contribution in [2.24, 2.45) is 5.73 Å². The summed E-state index contributed by atoms with van der Waals surface area (Å²) in [6, 6.07) is 0. The van der Waals surface area contributed by atoms with E-state index >= 15 is 0 Å². The van der Waals surface area contributed by atoms with E-state index in [9.17, 15) is 4.79 Å². The summed E-state index contributed by atoms with van der Waals surface area (Å²) in [5, 5.41) is 2.98. The minimum atomic E-state index is -0.570. The van der Waals surface area contributed by atoms with E-state index in [0.29, 0.717) is 13.0 Å². The standard InChI is InChI=1S/C8H16N2O2/c1-4-12-6(11)7(2)5-8(3,9)10-7/h10H,4-5,9H2,1-3H3. The van der Waals surface area contributed by atoms with Gasteiger partial charge in [-0.05, 0) is 20.8 Å². The highest BCUT2D eigenvalue weighted by molar-refractivity contribution is 5.82.